The fourth-order valence-electron chi connectivity index (χ4n) is 2.67. The summed E-state index contributed by atoms with van der Waals surface area (Å²) in [5, 5.41) is 1.04. The number of ketones is 1. The van der Waals surface area contributed by atoms with Crippen molar-refractivity contribution < 1.29 is 4.79 Å². The van der Waals surface area contributed by atoms with Crippen LogP contribution in [-0.4, -0.2) is 10.4 Å². The maximum absolute atomic E-state index is 12.4. The van der Waals surface area contributed by atoms with E-state index in [1.54, 1.807) is 0 Å². The van der Waals surface area contributed by atoms with Crippen LogP contribution in [0.25, 0.3) is 10.9 Å². The van der Waals surface area contributed by atoms with Crippen molar-refractivity contribution in [3.63, 3.8) is 0 Å². The summed E-state index contributed by atoms with van der Waals surface area (Å²) in [5.74, 6) is 0.206. The van der Waals surface area contributed by atoms with Crippen LogP contribution in [0.5, 0.6) is 0 Å². The highest BCUT2D eigenvalue weighted by atomic mass is 79.9. The number of fused-ring (bicyclic) bond motifs is 1. The van der Waals surface area contributed by atoms with E-state index in [1.807, 2.05) is 50.4 Å². The van der Waals surface area contributed by atoms with Crippen molar-refractivity contribution in [2.24, 2.45) is 5.92 Å². The summed E-state index contributed by atoms with van der Waals surface area (Å²) in [6, 6.07) is 16.4. The molecule has 0 atom stereocenters. The predicted octanol–water partition coefficient (Wildman–Crippen LogP) is 5.29. The number of halogens is 1. The third kappa shape index (κ3) is 2.86. The fourth-order valence-corrected chi connectivity index (χ4v) is 2.94. The molecule has 2 nitrogen and oxygen atoms in total. The highest BCUT2D eigenvalue weighted by Gasteiger charge is 2.17. The van der Waals surface area contributed by atoms with Crippen LogP contribution in [0.3, 0.4) is 0 Å². The molecule has 3 aromatic rings. The lowest BCUT2D eigenvalue weighted by Crippen LogP contribution is -2.06. The molecule has 3 rings (SSSR count). The Balaban J connectivity index is 2.06. The van der Waals surface area contributed by atoms with Gasteiger partial charge in [0.05, 0.1) is 0 Å². The van der Waals surface area contributed by atoms with Crippen molar-refractivity contribution in [2.45, 2.75) is 20.4 Å². The molecular weight excluding hydrogens is 338 g/mol. The molecule has 22 heavy (non-hydrogen) atoms. The van der Waals surface area contributed by atoms with Gasteiger partial charge in [0.2, 0.25) is 0 Å². The Hall–Kier alpha value is -1.87. The number of Topliss-reactive ketones (excluding diaryl/α,β-unsaturated/α-hetero) is 1. The molecule has 112 valence electrons. The number of carbonyl (C=O) groups is 1. The lowest BCUT2D eigenvalue weighted by atomic mass is 10.0. The second-order valence-corrected chi connectivity index (χ2v) is 6.75. The average Bonchev–Trinajstić information content (AvgIpc) is 2.88. The van der Waals surface area contributed by atoms with Gasteiger partial charge in [-0.2, -0.15) is 0 Å². The van der Waals surface area contributed by atoms with Crippen molar-refractivity contribution in [3.8, 4) is 0 Å². The van der Waals surface area contributed by atoms with Crippen LogP contribution in [0.4, 0.5) is 0 Å². The second kappa shape index (κ2) is 6.09. The van der Waals surface area contributed by atoms with Crippen LogP contribution in [0, 0.1) is 5.92 Å². The molecule has 0 aliphatic heterocycles. The first-order valence-electron chi connectivity index (χ1n) is 7.43. The van der Waals surface area contributed by atoms with Crippen molar-refractivity contribution in [1.29, 1.82) is 0 Å². The first-order valence-corrected chi connectivity index (χ1v) is 8.22. The molecule has 0 fully saturated rings. The molecule has 0 amide bonds. The molecule has 1 heterocycles. The molecule has 0 aliphatic rings. The summed E-state index contributed by atoms with van der Waals surface area (Å²) < 4.78 is 3.23. The summed E-state index contributed by atoms with van der Waals surface area (Å²) >= 11 is 3.46. The van der Waals surface area contributed by atoms with Crippen LogP contribution in [0.2, 0.25) is 0 Å². The molecule has 0 spiro atoms. The van der Waals surface area contributed by atoms with Crippen LogP contribution in [0.1, 0.15) is 29.8 Å². The second-order valence-electron chi connectivity index (χ2n) is 5.83. The quantitative estimate of drug-likeness (QED) is 0.582. The van der Waals surface area contributed by atoms with Gasteiger partial charge < -0.3 is 4.57 Å². The SMILES string of the molecule is CC(C)C(=O)c1cn(Cc2ccc(Br)cc2)c2ccccc12. The van der Waals surface area contributed by atoms with Gasteiger partial charge in [-0.1, -0.05) is 60.1 Å². The predicted molar refractivity (Wildman–Crippen MR) is 94.4 cm³/mol. The van der Waals surface area contributed by atoms with Gasteiger partial charge in [0.1, 0.15) is 0 Å². The van der Waals surface area contributed by atoms with Gasteiger partial charge in [0, 0.05) is 39.6 Å². The maximum Gasteiger partial charge on any atom is 0.167 e. The van der Waals surface area contributed by atoms with E-state index in [0.29, 0.717) is 0 Å². The van der Waals surface area contributed by atoms with Gasteiger partial charge in [0.25, 0.3) is 0 Å². The van der Waals surface area contributed by atoms with E-state index in [1.165, 1.54) is 5.56 Å². The Kier molecular flexibility index (Phi) is 4.16. The largest absolute Gasteiger partial charge is 0.342 e. The molecule has 1 aromatic heterocycles. The third-order valence-corrected chi connectivity index (χ3v) is 4.37. The van der Waals surface area contributed by atoms with Crippen LogP contribution >= 0.6 is 15.9 Å². The number of aromatic nitrogens is 1. The summed E-state index contributed by atoms with van der Waals surface area (Å²) in [6.45, 7) is 4.66. The zero-order valence-corrected chi connectivity index (χ0v) is 14.3. The number of nitrogens with zero attached hydrogens (tertiary/aromatic N) is 1. The minimum Gasteiger partial charge on any atom is -0.342 e. The molecule has 0 N–H and O–H groups in total. The molecule has 0 radical (unpaired) electrons. The zero-order valence-electron chi connectivity index (χ0n) is 12.7. The first-order chi connectivity index (χ1) is 10.6. The van der Waals surface area contributed by atoms with Crippen molar-refractivity contribution in [2.75, 3.05) is 0 Å². The standard InChI is InChI=1S/C19H18BrNO/c1-13(2)19(22)17-12-21(18-6-4-3-5-16(17)18)11-14-7-9-15(20)10-8-14/h3-10,12-13H,11H2,1-2H3. The van der Waals surface area contributed by atoms with Crippen molar-refractivity contribution in [1.82, 2.24) is 4.57 Å². The van der Waals surface area contributed by atoms with Crippen LogP contribution < -0.4 is 0 Å². The average molecular weight is 356 g/mol. The highest BCUT2D eigenvalue weighted by Crippen LogP contribution is 2.25. The molecule has 0 unspecified atom stereocenters. The maximum atomic E-state index is 12.4. The molecule has 0 saturated carbocycles. The van der Waals surface area contributed by atoms with Crippen LogP contribution in [-0.2, 0) is 6.54 Å². The van der Waals surface area contributed by atoms with Crippen molar-refractivity contribution >= 4 is 32.6 Å². The summed E-state index contributed by atoms with van der Waals surface area (Å²) in [6.07, 6.45) is 2.00. The van der Waals surface area contributed by atoms with Gasteiger partial charge in [-0.15, -0.1) is 0 Å². The summed E-state index contributed by atoms with van der Waals surface area (Å²) in [5.41, 5.74) is 3.14. The van der Waals surface area contributed by atoms with E-state index in [2.05, 4.69) is 38.7 Å². The Morgan fingerprint density at radius 3 is 2.45 bits per heavy atom. The van der Waals surface area contributed by atoms with Gasteiger partial charge in [-0.25, -0.2) is 0 Å². The van der Waals surface area contributed by atoms with Gasteiger partial charge in [-0.3, -0.25) is 4.79 Å². The van der Waals surface area contributed by atoms with Gasteiger partial charge in [0.15, 0.2) is 5.78 Å². The smallest absolute Gasteiger partial charge is 0.167 e. The van der Waals surface area contributed by atoms with E-state index in [9.17, 15) is 4.79 Å². The van der Waals surface area contributed by atoms with E-state index in [-0.39, 0.29) is 11.7 Å². The minimum atomic E-state index is 0.00642. The molecule has 2 aromatic carbocycles. The minimum absolute atomic E-state index is 0.00642. The fraction of sp³-hybridized carbons (Fsp3) is 0.211. The summed E-state index contributed by atoms with van der Waals surface area (Å²) in [7, 11) is 0. The van der Waals surface area contributed by atoms with Crippen molar-refractivity contribution in [3.05, 3.63) is 70.3 Å². The molecular formula is C19H18BrNO. The molecule has 3 heteroatoms. The van der Waals surface area contributed by atoms with E-state index >= 15 is 0 Å². The Bertz CT molecular complexity index is 815. The van der Waals surface area contributed by atoms with Crippen LogP contribution in [0.15, 0.2) is 59.2 Å². The number of hydrogen-bond donors (Lipinski definition) is 0. The number of hydrogen-bond acceptors (Lipinski definition) is 1. The Morgan fingerprint density at radius 1 is 1.09 bits per heavy atom. The Morgan fingerprint density at radius 2 is 1.77 bits per heavy atom. The lowest BCUT2D eigenvalue weighted by Gasteiger charge is -2.05. The zero-order chi connectivity index (χ0) is 15.7. The first kappa shape index (κ1) is 15.0. The van der Waals surface area contributed by atoms with Gasteiger partial charge in [-0.05, 0) is 23.8 Å². The number of rotatable bonds is 4. The van der Waals surface area contributed by atoms with Gasteiger partial charge >= 0.3 is 0 Å². The molecule has 0 saturated heterocycles. The highest BCUT2D eigenvalue weighted by molar-refractivity contribution is 9.10. The lowest BCUT2D eigenvalue weighted by molar-refractivity contribution is 0.0941. The number of para-hydroxylation sites is 1. The monoisotopic (exact) mass is 355 g/mol. The van der Waals surface area contributed by atoms with E-state index in [0.717, 1.165) is 27.5 Å². The van der Waals surface area contributed by atoms with E-state index < -0.39 is 0 Å². The Labute approximate surface area is 138 Å². The normalized spacial score (nSPS) is 11.3. The molecule has 0 aliphatic carbocycles. The molecule has 0 bridgehead atoms. The van der Waals surface area contributed by atoms with E-state index in [4.69, 9.17) is 0 Å². The summed E-state index contributed by atoms with van der Waals surface area (Å²) in [4.78, 5) is 12.4. The third-order valence-electron chi connectivity index (χ3n) is 3.84. The number of carbonyl (C=O) groups excluding carboxylic acids is 1. The number of benzene rings is 2. The topological polar surface area (TPSA) is 22.0 Å².